The van der Waals surface area contributed by atoms with Gasteiger partial charge in [-0.25, -0.2) is 18.2 Å². The molecule has 1 aromatic carbocycles. The van der Waals surface area contributed by atoms with Gasteiger partial charge >= 0.3 is 5.69 Å². The smallest absolute Gasteiger partial charge is 0.348 e. The van der Waals surface area contributed by atoms with E-state index in [1.807, 2.05) is 6.92 Å². The zero-order chi connectivity index (χ0) is 21.7. The first-order valence-electron chi connectivity index (χ1n) is 10.1. The summed E-state index contributed by atoms with van der Waals surface area (Å²) in [4.78, 5) is 28.4. The number of hydrogen-bond acceptors (Lipinski definition) is 6. The molecule has 1 unspecified atom stereocenters. The fourth-order valence-electron chi connectivity index (χ4n) is 3.70. The topological polar surface area (TPSA) is 111 Å². The number of carbonyl (C=O) groups excluding carboxylic acids is 1. The minimum Gasteiger partial charge on any atom is -0.385 e. The zero-order valence-electron chi connectivity index (χ0n) is 17.3. The van der Waals surface area contributed by atoms with Crippen LogP contribution in [0.3, 0.4) is 0 Å². The molecular formula is C20H28N4O5S. The molecule has 1 amide bonds. The van der Waals surface area contributed by atoms with Crippen molar-refractivity contribution in [3.63, 3.8) is 0 Å². The van der Waals surface area contributed by atoms with Crippen LogP contribution in [0.5, 0.6) is 0 Å². The number of methoxy groups -OCH3 is 1. The molecule has 1 atom stereocenters. The molecule has 1 aliphatic heterocycles. The summed E-state index contributed by atoms with van der Waals surface area (Å²) in [6.45, 7) is 3.20. The van der Waals surface area contributed by atoms with E-state index in [2.05, 4.69) is 10.3 Å². The lowest BCUT2D eigenvalue weighted by Crippen LogP contribution is -2.41. The lowest BCUT2D eigenvalue weighted by molar-refractivity contribution is -0.121. The number of ether oxygens (including phenoxy) is 1. The van der Waals surface area contributed by atoms with Crippen LogP contribution in [-0.2, 0) is 26.1 Å². The van der Waals surface area contributed by atoms with Crippen LogP contribution in [0.1, 0.15) is 32.6 Å². The largest absolute Gasteiger partial charge is 0.385 e. The maximum atomic E-state index is 13.1. The molecule has 1 aromatic heterocycles. The van der Waals surface area contributed by atoms with Crippen LogP contribution in [0.4, 0.5) is 0 Å². The third kappa shape index (κ3) is 4.88. The summed E-state index contributed by atoms with van der Waals surface area (Å²) in [6.07, 6.45) is 4.73. The number of piperidine rings is 1. The van der Waals surface area contributed by atoms with E-state index in [-0.39, 0.29) is 23.4 Å². The highest BCUT2D eigenvalue weighted by molar-refractivity contribution is 7.89. The summed E-state index contributed by atoms with van der Waals surface area (Å²) in [5, 5.41) is 3.23. The molecule has 1 N–H and O–H groups in total. The van der Waals surface area contributed by atoms with Gasteiger partial charge in [0.25, 0.3) is 0 Å². The Labute approximate surface area is 176 Å². The number of carbonyl (C=O) groups is 1. The molecule has 2 aromatic rings. The van der Waals surface area contributed by atoms with Gasteiger partial charge in [-0.1, -0.05) is 6.42 Å². The Balaban J connectivity index is 1.87. The van der Waals surface area contributed by atoms with E-state index in [1.165, 1.54) is 27.2 Å². The number of sulfonamides is 1. The Morgan fingerprint density at radius 2 is 2.13 bits per heavy atom. The molecule has 0 aliphatic carbocycles. The van der Waals surface area contributed by atoms with Gasteiger partial charge in [-0.15, -0.1) is 0 Å². The Morgan fingerprint density at radius 1 is 1.33 bits per heavy atom. The summed E-state index contributed by atoms with van der Waals surface area (Å²) < 4.78 is 33.9. The van der Waals surface area contributed by atoms with Crippen molar-refractivity contribution in [2.24, 2.45) is 0 Å². The molecule has 9 nitrogen and oxygen atoms in total. The van der Waals surface area contributed by atoms with Gasteiger partial charge in [0.05, 0.1) is 10.4 Å². The van der Waals surface area contributed by atoms with Gasteiger partial charge in [0.2, 0.25) is 15.9 Å². The van der Waals surface area contributed by atoms with E-state index in [9.17, 15) is 18.0 Å². The molecule has 30 heavy (non-hydrogen) atoms. The lowest BCUT2D eigenvalue weighted by Gasteiger charge is -2.32. The van der Waals surface area contributed by atoms with Gasteiger partial charge in [-0.2, -0.15) is 4.31 Å². The second-order valence-electron chi connectivity index (χ2n) is 7.50. The van der Waals surface area contributed by atoms with Crippen molar-refractivity contribution in [2.75, 3.05) is 26.8 Å². The fraction of sp³-hybridized carbons (Fsp3) is 0.550. The standard InChI is InChI=1S/C20H28N4O5S/c1-15-6-3-4-10-24(15)30(27,28)17-7-8-18-16(12-17)13-22-20(26)23(18)14-19(25)21-9-5-11-29-2/h7-8,12-13,15H,3-6,9-11,14H2,1-2H3,(H,21,25). The van der Waals surface area contributed by atoms with Crippen molar-refractivity contribution in [1.29, 1.82) is 0 Å². The summed E-state index contributed by atoms with van der Waals surface area (Å²) in [6, 6.07) is 4.53. The van der Waals surface area contributed by atoms with Crippen LogP contribution in [0.15, 0.2) is 34.1 Å². The number of nitrogens with one attached hydrogen (secondary N) is 1. The Morgan fingerprint density at radius 3 is 2.87 bits per heavy atom. The number of hydrogen-bond donors (Lipinski definition) is 1. The third-order valence-electron chi connectivity index (χ3n) is 5.33. The maximum absolute atomic E-state index is 13.1. The molecule has 1 fully saturated rings. The van der Waals surface area contributed by atoms with Crippen LogP contribution in [0.2, 0.25) is 0 Å². The first kappa shape index (κ1) is 22.4. The predicted molar refractivity (Wildman–Crippen MR) is 113 cm³/mol. The van der Waals surface area contributed by atoms with E-state index in [0.29, 0.717) is 37.0 Å². The molecule has 3 rings (SSSR count). The van der Waals surface area contributed by atoms with E-state index >= 15 is 0 Å². The Kier molecular flexibility index (Phi) is 7.22. The normalized spacial score (nSPS) is 17.9. The van der Waals surface area contributed by atoms with Crippen LogP contribution in [0.25, 0.3) is 10.9 Å². The quantitative estimate of drug-likeness (QED) is 0.621. The monoisotopic (exact) mass is 436 g/mol. The minimum atomic E-state index is -3.64. The molecule has 1 aliphatic rings. The second-order valence-corrected chi connectivity index (χ2v) is 9.39. The SMILES string of the molecule is COCCCNC(=O)Cn1c(=O)ncc2cc(S(=O)(=O)N3CCCCC3C)ccc21. The average molecular weight is 437 g/mol. The molecule has 0 spiro atoms. The Hall–Kier alpha value is -2.30. The lowest BCUT2D eigenvalue weighted by atomic mass is 10.1. The van der Waals surface area contributed by atoms with Gasteiger partial charge < -0.3 is 10.1 Å². The summed E-state index contributed by atoms with van der Waals surface area (Å²) in [5.74, 6) is -0.318. The van der Waals surface area contributed by atoms with Crippen LogP contribution in [-0.4, -0.2) is 61.0 Å². The molecule has 0 bridgehead atoms. The van der Waals surface area contributed by atoms with Crippen molar-refractivity contribution in [3.05, 3.63) is 34.9 Å². The van der Waals surface area contributed by atoms with Crippen LogP contribution in [0, 0.1) is 0 Å². The minimum absolute atomic E-state index is 0.0478. The highest BCUT2D eigenvalue weighted by Gasteiger charge is 2.31. The number of nitrogens with zero attached hydrogens (tertiary/aromatic N) is 3. The maximum Gasteiger partial charge on any atom is 0.348 e. The van der Waals surface area contributed by atoms with Crippen molar-refractivity contribution in [3.8, 4) is 0 Å². The van der Waals surface area contributed by atoms with Gasteiger partial charge in [-0.05, 0) is 44.4 Å². The summed E-state index contributed by atoms with van der Waals surface area (Å²) in [5.41, 5.74) is -0.0949. The van der Waals surface area contributed by atoms with Crippen molar-refractivity contribution in [1.82, 2.24) is 19.2 Å². The predicted octanol–water partition coefficient (Wildman–Crippen LogP) is 1.11. The Bertz CT molecular complexity index is 1070. The molecule has 2 heterocycles. The number of aromatic nitrogens is 2. The summed E-state index contributed by atoms with van der Waals surface area (Å²) >= 11 is 0. The van der Waals surface area contributed by atoms with E-state index < -0.39 is 15.7 Å². The van der Waals surface area contributed by atoms with Gasteiger partial charge in [-0.3, -0.25) is 9.36 Å². The molecular weight excluding hydrogens is 408 g/mol. The third-order valence-corrected chi connectivity index (χ3v) is 7.34. The summed E-state index contributed by atoms with van der Waals surface area (Å²) in [7, 11) is -2.05. The number of amides is 1. The first-order valence-corrected chi connectivity index (χ1v) is 11.6. The van der Waals surface area contributed by atoms with Crippen molar-refractivity contribution >= 4 is 26.8 Å². The highest BCUT2D eigenvalue weighted by atomic mass is 32.2. The molecule has 10 heteroatoms. The van der Waals surface area contributed by atoms with Gasteiger partial charge in [0.1, 0.15) is 6.54 Å². The van der Waals surface area contributed by atoms with Crippen molar-refractivity contribution < 1.29 is 17.9 Å². The van der Waals surface area contributed by atoms with Crippen LogP contribution >= 0.6 is 0 Å². The number of benzene rings is 1. The molecule has 164 valence electrons. The highest BCUT2D eigenvalue weighted by Crippen LogP contribution is 2.26. The fourth-order valence-corrected chi connectivity index (χ4v) is 5.44. The van der Waals surface area contributed by atoms with Crippen molar-refractivity contribution in [2.45, 2.75) is 50.1 Å². The van der Waals surface area contributed by atoms with Gasteiger partial charge in [0, 0.05) is 44.4 Å². The zero-order valence-corrected chi connectivity index (χ0v) is 18.2. The van der Waals surface area contributed by atoms with E-state index in [0.717, 1.165) is 19.3 Å². The average Bonchev–Trinajstić information content (AvgIpc) is 2.73. The molecule has 1 saturated heterocycles. The first-order chi connectivity index (χ1) is 14.3. The second kappa shape index (κ2) is 9.67. The van der Waals surface area contributed by atoms with Crippen LogP contribution < -0.4 is 11.0 Å². The van der Waals surface area contributed by atoms with Gasteiger partial charge in [0.15, 0.2) is 0 Å². The number of fused-ring (bicyclic) bond motifs is 1. The molecule has 0 radical (unpaired) electrons. The van der Waals surface area contributed by atoms with E-state index in [1.54, 1.807) is 13.2 Å². The number of rotatable bonds is 8. The van der Waals surface area contributed by atoms with E-state index in [4.69, 9.17) is 4.74 Å². The molecule has 0 saturated carbocycles.